The quantitative estimate of drug-likeness (QED) is 0.274. The van der Waals surface area contributed by atoms with Gasteiger partial charge in [-0.05, 0) is 36.8 Å². The molecule has 40 heavy (non-hydrogen) atoms. The molecule has 210 valence electrons. The lowest BCUT2D eigenvalue weighted by Crippen LogP contribution is -2.30. The van der Waals surface area contributed by atoms with Gasteiger partial charge < -0.3 is 19.9 Å². The minimum atomic E-state index is -1.41. The van der Waals surface area contributed by atoms with E-state index in [1.54, 1.807) is 12.1 Å². The summed E-state index contributed by atoms with van der Waals surface area (Å²) in [7, 11) is 1.33. The van der Waals surface area contributed by atoms with Gasteiger partial charge in [-0.3, -0.25) is 9.59 Å². The second-order valence-corrected chi connectivity index (χ2v) is 9.44. The Hall–Kier alpha value is -4.10. The molecule has 1 aliphatic rings. The number of aliphatic hydroxyl groups excluding tert-OH is 1. The summed E-state index contributed by atoms with van der Waals surface area (Å²) in [4.78, 5) is 25.5. The molecule has 13 heteroatoms. The van der Waals surface area contributed by atoms with Gasteiger partial charge in [0.15, 0.2) is 18.1 Å². The van der Waals surface area contributed by atoms with Crippen molar-refractivity contribution < 1.29 is 41.7 Å². The minimum Gasteiger partial charge on any atom is -0.492 e. The third-order valence-electron chi connectivity index (χ3n) is 5.66. The molecule has 0 spiro atoms. The molecule has 2 amide bonds. The molecule has 1 heterocycles. The first kappa shape index (κ1) is 28.9. The van der Waals surface area contributed by atoms with Gasteiger partial charge in [0.05, 0.1) is 7.11 Å². The zero-order valence-electron chi connectivity index (χ0n) is 21.0. The third kappa shape index (κ3) is 6.37. The summed E-state index contributed by atoms with van der Waals surface area (Å²) in [6.07, 6.45) is 0.374. The van der Waals surface area contributed by atoms with Gasteiger partial charge in [-0.25, -0.2) is 22.6 Å². The highest BCUT2D eigenvalue weighted by Gasteiger charge is 2.39. The number of rotatable bonds is 10. The molecule has 3 aromatic carbocycles. The number of nitrogens with one attached hydrogen (secondary N) is 1. The van der Waals surface area contributed by atoms with E-state index in [4.69, 9.17) is 14.6 Å². The number of hydrogen-bond acceptors (Lipinski definition) is 7. The van der Waals surface area contributed by atoms with E-state index in [2.05, 4.69) is 10.4 Å². The number of carbonyl (C=O) groups excluding carboxylic acids is 2. The average Bonchev–Trinajstić information content (AvgIpc) is 3.37. The Labute approximate surface area is 230 Å². The van der Waals surface area contributed by atoms with Crippen LogP contribution in [0.5, 0.6) is 11.5 Å². The Balaban J connectivity index is 1.71. The normalized spacial score (nSPS) is 14.6. The summed E-state index contributed by atoms with van der Waals surface area (Å²) in [6.45, 7) is -0.209. The predicted octanol–water partition coefficient (Wildman–Crippen LogP) is 4.38. The number of thioether (sulfide) groups is 1. The van der Waals surface area contributed by atoms with Crippen molar-refractivity contribution in [2.24, 2.45) is 5.10 Å². The van der Waals surface area contributed by atoms with Crippen molar-refractivity contribution in [3.8, 4) is 11.5 Å². The zero-order valence-corrected chi connectivity index (χ0v) is 21.8. The van der Waals surface area contributed by atoms with Gasteiger partial charge in [-0.1, -0.05) is 23.9 Å². The van der Waals surface area contributed by atoms with Crippen LogP contribution in [0.15, 0.2) is 59.7 Å². The van der Waals surface area contributed by atoms with Gasteiger partial charge in [-0.15, -0.1) is 0 Å². The van der Waals surface area contributed by atoms with Gasteiger partial charge in [0.1, 0.15) is 39.2 Å². The first-order valence-corrected chi connectivity index (χ1v) is 12.8. The fourth-order valence-corrected chi connectivity index (χ4v) is 4.99. The van der Waals surface area contributed by atoms with Gasteiger partial charge in [0.25, 0.3) is 11.8 Å². The smallest absolute Gasteiger partial charge is 0.281 e. The van der Waals surface area contributed by atoms with Crippen molar-refractivity contribution >= 4 is 28.6 Å². The molecule has 1 aliphatic heterocycles. The maximum absolute atomic E-state index is 14.6. The van der Waals surface area contributed by atoms with Crippen LogP contribution in [0.4, 0.5) is 17.6 Å². The number of aliphatic hydroxyl groups is 1. The van der Waals surface area contributed by atoms with E-state index >= 15 is 0 Å². The number of hydrazone groups is 1. The Morgan fingerprint density at radius 3 is 2.40 bits per heavy atom. The van der Waals surface area contributed by atoms with E-state index in [0.29, 0.717) is 29.7 Å². The molecule has 4 rings (SSSR count). The highest BCUT2D eigenvalue weighted by Crippen LogP contribution is 2.47. The van der Waals surface area contributed by atoms with Crippen LogP contribution in [0.25, 0.3) is 0 Å². The monoisotopic (exact) mass is 577 g/mol. The van der Waals surface area contributed by atoms with E-state index < -0.39 is 46.0 Å². The van der Waals surface area contributed by atoms with E-state index in [0.717, 1.165) is 16.8 Å². The Morgan fingerprint density at radius 2 is 1.75 bits per heavy atom. The van der Waals surface area contributed by atoms with E-state index in [1.165, 1.54) is 37.4 Å². The first-order valence-electron chi connectivity index (χ1n) is 11.9. The van der Waals surface area contributed by atoms with E-state index in [9.17, 15) is 27.2 Å². The number of carbonyl (C=O) groups is 2. The van der Waals surface area contributed by atoms with Crippen LogP contribution < -0.4 is 14.8 Å². The number of halogens is 4. The van der Waals surface area contributed by atoms with Crippen LogP contribution in [0.1, 0.15) is 33.3 Å². The number of benzene rings is 3. The summed E-state index contributed by atoms with van der Waals surface area (Å²) < 4.78 is 67.4. The van der Waals surface area contributed by atoms with Crippen molar-refractivity contribution in [2.45, 2.75) is 11.8 Å². The van der Waals surface area contributed by atoms with Crippen LogP contribution in [-0.2, 0) is 4.79 Å². The molecule has 1 atom stereocenters. The summed E-state index contributed by atoms with van der Waals surface area (Å²) in [6, 6.07) is 10.7. The maximum atomic E-state index is 14.6. The molecule has 2 N–H and O–H groups in total. The minimum absolute atomic E-state index is 0.0843. The van der Waals surface area contributed by atoms with E-state index in [1.807, 2.05) is 0 Å². The van der Waals surface area contributed by atoms with Gasteiger partial charge in [0.2, 0.25) is 0 Å². The summed E-state index contributed by atoms with van der Waals surface area (Å²) in [5.41, 5.74) is -0.275. The largest absolute Gasteiger partial charge is 0.492 e. The van der Waals surface area contributed by atoms with Crippen LogP contribution in [0.3, 0.4) is 0 Å². The Bertz CT molecular complexity index is 1420. The van der Waals surface area contributed by atoms with Crippen molar-refractivity contribution in [1.29, 1.82) is 0 Å². The van der Waals surface area contributed by atoms with Crippen LogP contribution >= 0.6 is 11.8 Å². The van der Waals surface area contributed by atoms with E-state index in [-0.39, 0.29) is 36.3 Å². The molecule has 0 radical (unpaired) electrons. The molecule has 1 unspecified atom stereocenters. The van der Waals surface area contributed by atoms with Crippen LogP contribution in [-0.4, -0.2) is 53.8 Å². The number of hydrogen-bond donors (Lipinski definition) is 2. The lowest BCUT2D eigenvalue weighted by molar-refractivity contribution is -0.123. The molecular formula is C27H23F4N3O5S. The third-order valence-corrected chi connectivity index (χ3v) is 6.88. The van der Waals surface area contributed by atoms with Gasteiger partial charge in [0, 0.05) is 36.4 Å². The second-order valence-electron chi connectivity index (χ2n) is 8.37. The van der Waals surface area contributed by atoms with Crippen LogP contribution in [0.2, 0.25) is 0 Å². The number of nitrogens with zero attached hydrogens (tertiary/aromatic N) is 2. The number of methoxy groups -OCH3 is 1. The number of amides is 2. The van der Waals surface area contributed by atoms with Gasteiger partial charge >= 0.3 is 0 Å². The number of para-hydroxylation sites is 1. The molecule has 0 aromatic heterocycles. The molecule has 0 bridgehead atoms. The Morgan fingerprint density at radius 1 is 1.05 bits per heavy atom. The molecule has 0 saturated heterocycles. The Kier molecular flexibility index (Phi) is 9.27. The maximum Gasteiger partial charge on any atom is 0.281 e. The predicted molar refractivity (Wildman–Crippen MR) is 139 cm³/mol. The lowest BCUT2D eigenvalue weighted by atomic mass is 10.1. The second kappa shape index (κ2) is 12.8. The molecule has 8 nitrogen and oxygen atoms in total. The summed E-state index contributed by atoms with van der Waals surface area (Å²) in [5.74, 6) is -5.89. The van der Waals surface area contributed by atoms with Crippen molar-refractivity contribution in [3.63, 3.8) is 0 Å². The summed E-state index contributed by atoms with van der Waals surface area (Å²) >= 11 is 1.02. The van der Waals surface area contributed by atoms with Crippen LogP contribution in [0, 0.1) is 23.3 Å². The molecule has 3 aromatic rings. The fraction of sp³-hybridized carbons (Fsp3) is 0.222. The average molecular weight is 578 g/mol. The highest BCUT2D eigenvalue weighted by molar-refractivity contribution is 8.14. The van der Waals surface area contributed by atoms with Crippen molar-refractivity contribution in [2.75, 3.05) is 26.9 Å². The topological polar surface area (TPSA) is 100 Å². The standard InChI is InChI=1S/C27H23F4N3O5S/c1-38-24-18(4-2-5-21(24)39-14-22(36)32-10-3-11-35)27-34(26(37)23-19(30)12-17(29)13-20(23)31)33-25(40-27)15-6-8-16(28)9-7-15/h2,4-9,12-13,27,35H,3,10-11,14H2,1H3,(H,32,36). The molecule has 0 saturated carbocycles. The van der Waals surface area contributed by atoms with Crippen molar-refractivity contribution in [3.05, 3.63) is 94.6 Å². The summed E-state index contributed by atoms with van der Waals surface area (Å²) in [5, 5.41) is 15.7. The lowest BCUT2D eigenvalue weighted by Gasteiger charge is -2.24. The molecular weight excluding hydrogens is 554 g/mol. The molecule has 0 aliphatic carbocycles. The molecule has 0 fully saturated rings. The van der Waals surface area contributed by atoms with Crippen molar-refractivity contribution in [1.82, 2.24) is 10.3 Å². The van der Waals surface area contributed by atoms with Gasteiger partial charge in [-0.2, -0.15) is 5.10 Å². The SMILES string of the molecule is COc1c(OCC(=O)NCCCO)cccc1C1SC(c2ccc(F)cc2)=NN1C(=O)c1c(F)cc(F)cc1F. The first-order chi connectivity index (χ1) is 19.2. The highest BCUT2D eigenvalue weighted by atomic mass is 32.2. The zero-order chi connectivity index (χ0) is 28.8. The fourth-order valence-electron chi connectivity index (χ4n) is 3.82. The number of ether oxygens (including phenoxy) is 2.